The van der Waals surface area contributed by atoms with Gasteiger partial charge < -0.3 is 9.50 Å². The SMILES string of the molecule is O=C(NCc1ccc(Cl)cc1)c1ccc(OS(=O)(=O)c2cccc([N+](=O)[O-])c2)cc1. The molecule has 1 N–H and O–H groups in total. The molecule has 8 nitrogen and oxygen atoms in total. The summed E-state index contributed by atoms with van der Waals surface area (Å²) in [6.07, 6.45) is 0. The molecule has 0 heterocycles. The number of benzene rings is 3. The molecule has 0 atom stereocenters. The van der Waals surface area contributed by atoms with Gasteiger partial charge in [0.15, 0.2) is 0 Å². The summed E-state index contributed by atoms with van der Waals surface area (Å²) in [4.78, 5) is 22.0. The zero-order valence-corrected chi connectivity index (χ0v) is 16.9. The van der Waals surface area contributed by atoms with Crippen LogP contribution in [0.3, 0.4) is 0 Å². The van der Waals surface area contributed by atoms with E-state index in [1.54, 1.807) is 24.3 Å². The van der Waals surface area contributed by atoms with Crippen molar-refractivity contribution in [2.75, 3.05) is 0 Å². The van der Waals surface area contributed by atoms with Crippen molar-refractivity contribution in [3.05, 3.63) is 99.1 Å². The quantitative estimate of drug-likeness (QED) is 0.334. The summed E-state index contributed by atoms with van der Waals surface area (Å²) in [5, 5.41) is 14.2. The van der Waals surface area contributed by atoms with Gasteiger partial charge in [-0.1, -0.05) is 29.8 Å². The standard InChI is InChI=1S/C20H15ClN2O6S/c21-16-8-4-14(5-9-16)13-22-20(24)15-6-10-18(11-7-15)29-30(27,28)19-3-1-2-17(12-19)23(25)26/h1-12H,13H2,(H,22,24). The first kappa shape index (κ1) is 21.3. The van der Waals surface area contributed by atoms with Crippen LogP contribution in [0, 0.1) is 10.1 Å². The van der Waals surface area contributed by atoms with Crippen LogP contribution >= 0.6 is 11.6 Å². The number of carbonyl (C=O) groups is 1. The third kappa shape index (κ3) is 5.34. The van der Waals surface area contributed by atoms with Gasteiger partial charge in [0, 0.05) is 29.3 Å². The smallest absolute Gasteiger partial charge is 0.339 e. The second-order valence-corrected chi connectivity index (χ2v) is 8.11. The Morgan fingerprint density at radius 3 is 2.33 bits per heavy atom. The fourth-order valence-corrected chi connectivity index (χ4v) is 3.57. The highest BCUT2D eigenvalue weighted by molar-refractivity contribution is 7.87. The minimum absolute atomic E-state index is 0.0317. The zero-order chi connectivity index (χ0) is 21.7. The second kappa shape index (κ2) is 8.93. The number of nitro groups is 1. The van der Waals surface area contributed by atoms with Crippen LogP contribution < -0.4 is 9.50 Å². The minimum atomic E-state index is -4.27. The molecule has 30 heavy (non-hydrogen) atoms. The van der Waals surface area contributed by atoms with Crippen molar-refractivity contribution in [2.24, 2.45) is 0 Å². The van der Waals surface area contributed by atoms with Gasteiger partial charge in [0.05, 0.1) is 4.92 Å². The van der Waals surface area contributed by atoms with Gasteiger partial charge in [0.2, 0.25) is 0 Å². The van der Waals surface area contributed by atoms with E-state index in [9.17, 15) is 23.3 Å². The van der Waals surface area contributed by atoms with Crippen molar-refractivity contribution in [2.45, 2.75) is 11.4 Å². The van der Waals surface area contributed by atoms with Crippen LogP contribution in [0.15, 0.2) is 77.7 Å². The highest BCUT2D eigenvalue weighted by atomic mass is 35.5. The lowest BCUT2D eigenvalue weighted by Crippen LogP contribution is -2.22. The molecule has 0 aliphatic heterocycles. The molecule has 0 unspecified atom stereocenters. The molecule has 1 amide bonds. The van der Waals surface area contributed by atoms with Crippen LogP contribution in [0.4, 0.5) is 5.69 Å². The van der Waals surface area contributed by atoms with Crippen molar-refractivity contribution in [3.63, 3.8) is 0 Å². The molecule has 3 rings (SSSR count). The lowest BCUT2D eigenvalue weighted by molar-refractivity contribution is -0.385. The Morgan fingerprint density at radius 1 is 1.03 bits per heavy atom. The molecule has 0 aromatic heterocycles. The minimum Gasteiger partial charge on any atom is -0.379 e. The largest absolute Gasteiger partial charge is 0.379 e. The van der Waals surface area contributed by atoms with Crippen LogP contribution in [0.25, 0.3) is 0 Å². The van der Waals surface area contributed by atoms with Crippen molar-refractivity contribution < 1.29 is 22.3 Å². The van der Waals surface area contributed by atoms with Crippen molar-refractivity contribution in [3.8, 4) is 5.75 Å². The predicted molar refractivity (Wildman–Crippen MR) is 110 cm³/mol. The summed E-state index contributed by atoms with van der Waals surface area (Å²) < 4.78 is 29.7. The molecule has 0 fully saturated rings. The second-order valence-electron chi connectivity index (χ2n) is 6.13. The Morgan fingerprint density at radius 2 is 1.70 bits per heavy atom. The Balaban J connectivity index is 1.66. The van der Waals surface area contributed by atoms with E-state index in [2.05, 4.69) is 5.32 Å². The van der Waals surface area contributed by atoms with Crippen molar-refractivity contribution in [1.29, 1.82) is 0 Å². The molecule has 0 saturated heterocycles. The van der Waals surface area contributed by atoms with Gasteiger partial charge in [-0.2, -0.15) is 8.42 Å². The maximum Gasteiger partial charge on any atom is 0.339 e. The maximum absolute atomic E-state index is 12.3. The average molecular weight is 447 g/mol. The third-order valence-electron chi connectivity index (χ3n) is 4.01. The normalized spacial score (nSPS) is 11.0. The molecule has 0 saturated carbocycles. The Labute approximate surface area is 177 Å². The molecule has 154 valence electrons. The third-order valence-corrected chi connectivity index (χ3v) is 5.50. The van der Waals surface area contributed by atoms with Gasteiger partial charge in [-0.05, 0) is 48.0 Å². The highest BCUT2D eigenvalue weighted by Crippen LogP contribution is 2.22. The predicted octanol–water partition coefficient (Wildman–Crippen LogP) is 3.95. The lowest BCUT2D eigenvalue weighted by atomic mass is 10.2. The fraction of sp³-hybridized carbons (Fsp3) is 0.0500. The number of hydrogen-bond donors (Lipinski definition) is 1. The number of carbonyl (C=O) groups excluding carboxylic acids is 1. The Bertz CT molecular complexity index is 1180. The number of halogens is 1. The summed E-state index contributed by atoms with van der Waals surface area (Å²) >= 11 is 5.82. The summed E-state index contributed by atoms with van der Waals surface area (Å²) in [6.45, 7) is 0.301. The summed E-state index contributed by atoms with van der Waals surface area (Å²) in [7, 11) is -4.27. The number of non-ortho nitro benzene ring substituents is 1. The number of nitrogens with zero attached hydrogens (tertiary/aromatic N) is 1. The van der Waals surface area contributed by atoms with Gasteiger partial charge in [-0.25, -0.2) is 0 Å². The molecule has 0 aliphatic rings. The Hall–Kier alpha value is -3.43. The first-order valence-electron chi connectivity index (χ1n) is 8.56. The van der Waals surface area contributed by atoms with Crippen molar-refractivity contribution in [1.82, 2.24) is 5.32 Å². The highest BCUT2D eigenvalue weighted by Gasteiger charge is 2.20. The Kier molecular flexibility index (Phi) is 6.34. The van der Waals surface area contributed by atoms with Gasteiger partial charge in [0.1, 0.15) is 10.6 Å². The lowest BCUT2D eigenvalue weighted by Gasteiger charge is -2.09. The van der Waals surface area contributed by atoms with Gasteiger partial charge in [0.25, 0.3) is 11.6 Å². The first-order chi connectivity index (χ1) is 14.2. The maximum atomic E-state index is 12.3. The van der Waals surface area contributed by atoms with Gasteiger partial charge in [-0.15, -0.1) is 0 Å². The van der Waals surface area contributed by atoms with Crippen LogP contribution in [0.5, 0.6) is 5.75 Å². The van der Waals surface area contributed by atoms with E-state index in [0.29, 0.717) is 17.1 Å². The molecule has 3 aromatic carbocycles. The van der Waals surface area contributed by atoms with Crippen LogP contribution in [-0.2, 0) is 16.7 Å². The van der Waals surface area contributed by atoms with E-state index in [1.165, 1.54) is 42.5 Å². The number of rotatable bonds is 7. The summed E-state index contributed by atoms with van der Waals surface area (Å²) in [5.41, 5.74) is 0.812. The first-order valence-corrected chi connectivity index (χ1v) is 10.3. The van der Waals surface area contributed by atoms with E-state index in [-0.39, 0.29) is 22.2 Å². The number of amides is 1. The monoisotopic (exact) mass is 446 g/mol. The molecule has 3 aromatic rings. The molecular formula is C20H15ClN2O6S. The van der Waals surface area contributed by atoms with E-state index in [1.807, 2.05) is 0 Å². The van der Waals surface area contributed by atoms with Gasteiger partial charge >= 0.3 is 10.1 Å². The summed E-state index contributed by atoms with van der Waals surface area (Å²) in [6, 6.07) is 17.0. The van der Waals surface area contributed by atoms with Crippen molar-refractivity contribution >= 4 is 33.3 Å². The van der Waals surface area contributed by atoms with Gasteiger partial charge in [-0.3, -0.25) is 14.9 Å². The average Bonchev–Trinajstić information content (AvgIpc) is 2.73. The molecule has 0 spiro atoms. The fourth-order valence-electron chi connectivity index (χ4n) is 2.48. The van der Waals surface area contributed by atoms with E-state index in [0.717, 1.165) is 11.6 Å². The number of hydrogen-bond acceptors (Lipinski definition) is 6. The van der Waals surface area contributed by atoms with E-state index < -0.39 is 15.0 Å². The molecular weight excluding hydrogens is 432 g/mol. The van der Waals surface area contributed by atoms with Crippen LogP contribution in [0.2, 0.25) is 5.02 Å². The molecule has 0 aliphatic carbocycles. The molecule has 0 radical (unpaired) electrons. The molecule has 10 heteroatoms. The van der Waals surface area contributed by atoms with E-state index >= 15 is 0 Å². The van der Waals surface area contributed by atoms with E-state index in [4.69, 9.17) is 15.8 Å². The van der Waals surface area contributed by atoms with Crippen LogP contribution in [-0.4, -0.2) is 19.2 Å². The number of nitro benzene ring substituents is 1. The summed E-state index contributed by atoms with van der Waals surface area (Å²) in [5.74, 6) is -0.381. The number of nitrogens with one attached hydrogen (secondary N) is 1. The molecule has 0 bridgehead atoms. The topological polar surface area (TPSA) is 116 Å². The zero-order valence-electron chi connectivity index (χ0n) is 15.3. The van der Waals surface area contributed by atoms with Crippen LogP contribution in [0.1, 0.15) is 15.9 Å².